The summed E-state index contributed by atoms with van der Waals surface area (Å²) in [6, 6.07) is 5.21. The molecule has 0 aliphatic rings. The normalized spacial score (nSPS) is 10.3. The lowest BCUT2D eigenvalue weighted by Gasteiger charge is -2.09. The van der Waals surface area contributed by atoms with Crippen LogP contribution in [0.2, 0.25) is 0 Å². The predicted molar refractivity (Wildman–Crippen MR) is 82.5 cm³/mol. The first kappa shape index (κ1) is 15.8. The van der Waals surface area contributed by atoms with Gasteiger partial charge in [0.25, 0.3) is 0 Å². The molecule has 2 rings (SSSR count). The van der Waals surface area contributed by atoms with Crippen LogP contribution < -0.4 is 16.2 Å². The van der Waals surface area contributed by atoms with Gasteiger partial charge in [0, 0.05) is 4.90 Å². The Morgan fingerprint density at radius 3 is 2.50 bits per heavy atom. The highest BCUT2D eigenvalue weighted by atomic mass is 32.2. The molecule has 0 unspecified atom stereocenters. The fraction of sp³-hybridized carbons (Fsp3) is 0.231. The average Bonchev–Trinajstić information content (AvgIpc) is 2.51. The lowest BCUT2D eigenvalue weighted by molar-refractivity contribution is 0.0458. The molecule has 2 aromatic rings. The van der Waals surface area contributed by atoms with Crippen molar-refractivity contribution in [3.8, 4) is 5.75 Å². The molecule has 0 bridgehead atoms. The smallest absolute Gasteiger partial charge is 0.342 e. The number of carbonyl (C=O) groups is 1. The molecule has 0 saturated carbocycles. The average molecular weight is 321 g/mol. The molecule has 8 nitrogen and oxygen atoms in total. The summed E-state index contributed by atoms with van der Waals surface area (Å²) in [6.45, 7) is -0.164. The van der Waals surface area contributed by atoms with E-state index in [2.05, 4.69) is 15.0 Å². The van der Waals surface area contributed by atoms with Gasteiger partial charge in [-0.3, -0.25) is 0 Å². The van der Waals surface area contributed by atoms with Crippen molar-refractivity contribution in [3.05, 3.63) is 29.6 Å². The summed E-state index contributed by atoms with van der Waals surface area (Å²) in [5.41, 5.74) is 11.2. The number of esters is 1. The monoisotopic (exact) mass is 321 g/mol. The number of nitrogen functional groups attached to an aromatic ring is 2. The molecule has 4 N–H and O–H groups in total. The van der Waals surface area contributed by atoms with E-state index < -0.39 is 5.97 Å². The van der Waals surface area contributed by atoms with Crippen LogP contribution in [0.4, 0.5) is 11.9 Å². The van der Waals surface area contributed by atoms with Gasteiger partial charge in [-0.1, -0.05) is 0 Å². The number of benzene rings is 1. The molecule has 9 heteroatoms. The van der Waals surface area contributed by atoms with Gasteiger partial charge in [0.2, 0.25) is 11.9 Å². The fourth-order valence-electron chi connectivity index (χ4n) is 1.70. The quantitative estimate of drug-likeness (QED) is 0.615. The molecule has 1 aromatic carbocycles. The number of rotatable bonds is 5. The summed E-state index contributed by atoms with van der Waals surface area (Å²) in [5, 5.41) is 0. The minimum Gasteiger partial charge on any atom is -0.496 e. The number of thioether (sulfide) groups is 1. The number of nitrogens with two attached hydrogens (primary N) is 2. The van der Waals surface area contributed by atoms with E-state index in [-0.39, 0.29) is 24.3 Å². The molecule has 0 atom stereocenters. The second-order valence-corrected chi connectivity index (χ2v) is 4.99. The maximum atomic E-state index is 12.1. The molecule has 0 aliphatic heterocycles. The maximum Gasteiger partial charge on any atom is 0.342 e. The van der Waals surface area contributed by atoms with Crippen LogP contribution in [0, 0.1) is 0 Å². The Labute approximate surface area is 131 Å². The first-order chi connectivity index (χ1) is 10.5. The first-order valence-electron chi connectivity index (χ1n) is 6.18. The van der Waals surface area contributed by atoms with Crippen molar-refractivity contribution < 1.29 is 14.3 Å². The summed E-state index contributed by atoms with van der Waals surface area (Å²) in [5.74, 6) is 0.00698. The van der Waals surface area contributed by atoms with Gasteiger partial charge >= 0.3 is 5.97 Å². The number of hydrogen-bond acceptors (Lipinski definition) is 9. The van der Waals surface area contributed by atoms with Gasteiger partial charge < -0.3 is 20.9 Å². The summed E-state index contributed by atoms with van der Waals surface area (Å²) in [6.07, 6.45) is 1.93. The van der Waals surface area contributed by atoms with Crippen LogP contribution in [-0.2, 0) is 11.3 Å². The number of carbonyl (C=O) groups excluding carboxylic acids is 1. The van der Waals surface area contributed by atoms with Gasteiger partial charge in [0.15, 0.2) is 12.4 Å². The maximum absolute atomic E-state index is 12.1. The summed E-state index contributed by atoms with van der Waals surface area (Å²) >= 11 is 1.55. The fourth-order valence-corrected chi connectivity index (χ4v) is 2.13. The summed E-state index contributed by atoms with van der Waals surface area (Å²) in [4.78, 5) is 24.4. The van der Waals surface area contributed by atoms with E-state index in [0.29, 0.717) is 11.3 Å². The molecule has 22 heavy (non-hydrogen) atoms. The van der Waals surface area contributed by atoms with E-state index in [1.54, 1.807) is 23.9 Å². The van der Waals surface area contributed by atoms with Crippen LogP contribution in [0.25, 0.3) is 0 Å². The van der Waals surface area contributed by atoms with Crippen LogP contribution in [0.3, 0.4) is 0 Å². The van der Waals surface area contributed by atoms with Crippen molar-refractivity contribution in [2.24, 2.45) is 0 Å². The van der Waals surface area contributed by atoms with Gasteiger partial charge in [-0.25, -0.2) is 4.79 Å². The van der Waals surface area contributed by atoms with Crippen molar-refractivity contribution in [2.75, 3.05) is 24.8 Å². The van der Waals surface area contributed by atoms with Crippen molar-refractivity contribution >= 4 is 29.6 Å². The highest BCUT2D eigenvalue weighted by Gasteiger charge is 2.15. The zero-order chi connectivity index (χ0) is 16.1. The van der Waals surface area contributed by atoms with E-state index in [0.717, 1.165) is 4.90 Å². The number of hydrogen-bond donors (Lipinski definition) is 2. The molecule has 0 radical (unpaired) electrons. The minimum absolute atomic E-state index is 0.0274. The van der Waals surface area contributed by atoms with E-state index >= 15 is 0 Å². The zero-order valence-corrected chi connectivity index (χ0v) is 12.9. The van der Waals surface area contributed by atoms with E-state index in [4.69, 9.17) is 20.9 Å². The third-order valence-electron chi connectivity index (χ3n) is 2.68. The van der Waals surface area contributed by atoms with Crippen molar-refractivity contribution in [2.45, 2.75) is 11.5 Å². The number of aromatic nitrogens is 3. The third kappa shape index (κ3) is 3.76. The zero-order valence-electron chi connectivity index (χ0n) is 12.1. The van der Waals surface area contributed by atoms with Crippen molar-refractivity contribution in [1.29, 1.82) is 0 Å². The molecule has 0 fully saturated rings. The Bertz CT molecular complexity index is 675. The van der Waals surface area contributed by atoms with Crippen LogP contribution in [-0.4, -0.2) is 34.3 Å². The first-order valence-corrected chi connectivity index (χ1v) is 7.41. The molecule has 116 valence electrons. The lowest BCUT2D eigenvalue weighted by atomic mass is 10.2. The summed E-state index contributed by atoms with van der Waals surface area (Å²) in [7, 11) is 1.49. The van der Waals surface area contributed by atoms with Gasteiger partial charge in [-0.2, -0.15) is 15.0 Å². The summed E-state index contributed by atoms with van der Waals surface area (Å²) < 4.78 is 10.4. The second-order valence-electron chi connectivity index (χ2n) is 4.11. The van der Waals surface area contributed by atoms with Crippen molar-refractivity contribution in [1.82, 2.24) is 15.0 Å². The molecule has 0 aliphatic carbocycles. The molecule has 0 spiro atoms. The van der Waals surface area contributed by atoms with Gasteiger partial charge in [-0.15, -0.1) is 11.8 Å². The topological polar surface area (TPSA) is 126 Å². The van der Waals surface area contributed by atoms with Crippen molar-refractivity contribution in [3.63, 3.8) is 0 Å². The van der Waals surface area contributed by atoms with E-state index in [9.17, 15) is 4.79 Å². The molecule has 0 amide bonds. The van der Waals surface area contributed by atoms with Gasteiger partial charge in [0.1, 0.15) is 11.3 Å². The highest BCUT2D eigenvalue weighted by molar-refractivity contribution is 7.98. The SMILES string of the molecule is COc1cc(SC)ccc1C(=O)OCc1nc(N)nc(N)n1. The number of ether oxygens (including phenoxy) is 2. The number of methoxy groups -OCH3 is 1. The molecule has 1 aromatic heterocycles. The lowest BCUT2D eigenvalue weighted by Crippen LogP contribution is -2.11. The van der Waals surface area contributed by atoms with E-state index in [1.807, 2.05) is 12.3 Å². The van der Waals surface area contributed by atoms with Crippen LogP contribution in [0.15, 0.2) is 23.1 Å². The van der Waals surface area contributed by atoms with Crippen LogP contribution in [0.1, 0.15) is 16.2 Å². The van der Waals surface area contributed by atoms with Crippen LogP contribution >= 0.6 is 11.8 Å². The molecular weight excluding hydrogens is 306 g/mol. The third-order valence-corrected chi connectivity index (χ3v) is 3.40. The second kappa shape index (κ2) is 6.94. The Kier molecular flexibility index (Phi) is 4.99. The molecule has 1 heterocycles. The molecule has 0 saturated heterocycles. The van der Waals surface area contributed by atoms with E-state index in [1.165, 1.54) is 7.11 Å². The van der Waals surface area contributed by atoms with Gasteiger partial charge in [-0.05, 0) is 24.5 Å². The Morgan fingerprint density at radius 2 is 1.91 bits per heavy atom. The Morgan fingerprint density at radius 1 is 1.23 bits per heavy atom. The standard InChI is InChI=1S/C13H15N5O3S/c1-20-9-5-7(22-2)3-4-8(9)11(19)21-6-10-16-12(14)18-13(15)17-10/h3-5H,6H2,1-2H3,(H4,14,15,16,17,18). The highest BCUT2D eigenvalue weighted by Crippen LogP contribution is 2.26. The predicted octanol–water partition coefficient (Wildman–Crippen LogP) is 1.12. The minimum atomic E-state index is -0.554. The number of nitrogens with zero attached hydrogens (tertiary/aromatic N) is 3. The molecular formula is C13H15N5O3S. The van der Waals surface area contributed by atoms with Gasteiger partial charge in [0.05, 0.1) is 7.11 Å². The Hall–Kier alpha value is -2.55. The van der Waals surface area contributed by atoms with Crippen LogP contribution in [0.5, 0.6) is 5.75 Å². The largest absolute Gasteiger partial charge is 0.496 e. The number of anilines is 2. The Balaban J connectivity index is 2.12.